The van der Waals surface area contributed by atoms with E-state index in [0.29, 0.717) is 11.3 Å². The van der Waals surface area contributed by atoms with Crippen LogP contribution in [0.15, 0.2) is 40.9 Å². The summed E-state index contributed by atoms with van der Waals surface area (Å²) in [7, 11) is -5.65. The molecule has 0 spiro atoms. The van der Waals surface area contributed by atoms with Gasteiger partial charge in [0.15, 0.2) is 4.93 Å². The fraction of sp³-hybridized carbons (Fsp3) is 0.333. The average Bonchev–Trinajstić information content (AvgIpc) is 2.78. The lowest BCUT2D eigenvalue weighted by atomic mass is 10.1. The normalized spacial score (nSPS) is 22.7. The van der Waals surface area contributed by atoms with Crippen LogP contribution in [0.2, 0.25) is 0 Å². The van der Waals surface area contributed by atoms with Gasteiger partial charge in [-0.1, -0.05) is 34.1 Å². The number of benzene rings is 1. The highest BCUT2D eigenvalue weighted by Crippen LogP contribution is 2.41. The molecule has 0 fully saturated rings. The highest BCUT2D eigenvalue weighted by molar-refractivity contribution is 9.10. The Balaban J connectivity index is 2.26. The van der Waals surface area contributed by atoms with Gasteiger partial charge in [0, 0.05) is 16.6 Å². The second-order valence-electron chi connectivity index (χ2n) is 4.31. The minimum atomic E-state index is -5.65. The SMILES string of the molecule is O=S(=O)(OC1(Cc2ccc(Br)cc2)C=CCS1)C(F)(F)F. The minimum Gasteiger partial charge on any atom is -0.241 e. The topological polar surface area (TPSA) is 43.4 Å². The molecule has 1 aromatic rings. The summed E-state index contributed by atoms with van der Waals surface area (Å²) in [6, 6.07) is 6.85. The van der Waals surface area contributed by atoms with E-state index in [4.69, 9.17) is 0 Å². The zero-order valence-corrected chi connectivity index (χ0v) is 13.7. The van der Waals surface area contributed by atoms with Gasteiger partial charge in [0.25, 0.3) is 0 Å². The van der Waals surface area contributed by atoms with E-state index in [1.807, 2.05) is 0 Å². The first-order valence-corrected chi connectivity index (χ1v) is 8.90. The number of hydrogen-bond donors (Lipinski definition) is 0. The predicted octanol–water partition coefficient (Wildman–Crippen LogP) is 3.86. The van der Waals surface area contributed by atoms with Gasteiger partial charge in [-0.25, -0.2) is 4.18 Å². The van der Waals surface area contributed by atoms with Crippen molar-refractivity contribution in [2.75, 3.05) is 5.75 Å². The first kappa shape index (κ1) is 16.9. The molecule has 3 nitrogen and oxygen atoms in total. The van der Waals surface area contributed by atoms with Gasteiger partial charge in [-0.05, 0) is 23.8 Å². The van der Waals surface area contributed by atoms with Crippen LogP contribution in [-0.2, 0) is 20.7 Å². The zero-order chi connectivity index (χ0) is 15.7. The molecule has 0 bridgehead atoms. The van der Waals surface area contributed by atoms with Gasteiger partial charge in [0.1, 0.15) is 0 Å². The molecule has 21 heavy (non-hydrogen) atoms. The van der Waals surface area contributed by atoms with E-state index >= 15 is 0 Å². The van der Waals surface area contributed by atoms with Crippen molar-refractivity contribution >= 4 is 37.8 Å². The summed E-state index contributed by atoms with van der Waals surface area (Å²) in [6.07, 6.45) is 2.98. The molecular weight excluding hydrogens is 393 g/mol. The van der Waals surface area contributed by atoms with Gasteiger partial charge in [0.2, 0.25) is 0 Å². The van der Waals surface area contributed by atoms with E-state index in [9.17, 15) is 21.6 Å². The van der Waals surface area contributed by atoms with E-state index in [1.54, 1.807) is 30.3 Å². The Morgan fingerprint density at radius 1 is 1.29 bits per heavy atom. The summed E-state index contributed by atoms with van der Waals surface area (Å²) < 4.78 is 65.3. The number of thioether (sulfide) groups is 1. The minimum absolute atomic E-state index is 0.0246. The maximum atomic E-state index is 12.5. The van der Waals surface area contributed by atoms with Crippen molar-refractivity contribution in [1.29, 1.82) is 0 Å². The third-order valence-corrected chi connectivity index (χ3v) is 5.62. The van der Waals surface area contributed by atoms with Crippen LogP contribution in [0.1, 0.15) is 5.56 Å². The standard InChI is InChI=1S/C12H10BrF3O3S2/c13-10-4-2-9(3-5-10)8-11(6-1-7-20-11)19-21(17,18)12(14,15)16/h1-6H,7-8H2. The molecule has 116 valence electrons. The molecule has 0 saturated heterocycles. The quantitative estimate of drug-likeness (QED) is 0.435. The van der Waals surface area contributed by atoms with Gasteiger partial charge in [-0.2, -0.15) is 21.6 Å². The molecule has 9 heteroatoms. The lowest BCUT2D eigenvalue weighted by Crippen LogP contribution is -2.36. The molecule has 0 amide bonds. The lowest BCUT2D eigenvalue weighted by molar-refractivity contribution is -0.0571. The van der Waals surface area contributed by atoms with Crippen molar-refractivity contribution in [2.45, 2.75) is 16.9 Å². The smallest absolute Gasteiger partial charge is 0.241 e. The summed E-state index contributed by atoms with van der Waals surface area (Å²) in [5, 5.41) is 0. The first-order chi connectivity index (χ1) is 9.64. The summed E-state index contributed by atoms with van der Waals surface area (Å²) in [4.78, 5) is -1.55. The van der Waals surface area contributed by atoms with Crippen molar-refractivity contribution in [3.8, 4) is 0 Å². The molecule has 1 unspecified atom stereocenters. The van der Waals surface area contributed by atoms with Gasteiger partial charge in [-0.3, -0.25) is 0 Å². The Morgan fingerprint density at radius 2 is 1.90 bits per heavy atom. The van der Waals surface area contributed by atoms with Crippen molar-refractivity contribution in [3.63, 3.8) is 0 Å². The Hall–Kier alpha value is -0.510. The molecule has 1 aliphatic heterocycles. The highest BCUT2D eigenvalue weighted by atomic mass is 79.9. The molecule has 1 aliphatic rings. The Morgan fingerprint density at radius 3 is 2.38 bits per heavy atom. The van der Waals surface area contributed by atoms with E-state index in [2.05, 4.69) is 20.1 Å². The van der Waals surface area contributed by atoms with Crippen LogP contribution >= 0.6 is 27.7 Å². The van der Waals surface area contributed by atoms with Crippen molar-refractivity contribution in [1.82, 2.24) is 0 Å². The zero-order valence-electron chi connectivity index (χ0n) is 10.4. The predicted molar refractivity (Wildman–Crippen MR) is 78.2 cm³/mol. The fourth-order valence-electron chi connectivity index (χ4n) is 1.78. The van der Waals surface area contributed by atoms with Crippen LogP contribution in [0, 0.1) is 0 Å². The average molecular weight is 403 g/mol. The molecule has 1 heterocycles. The summed E-state index contributed by atoms with van der Waals surface area (Å²) >= 11 is 4.26. The summed E-state index contributed by atoms with van der Waals surface area (Å²) in [6.45, 7) is 0. The third kappa shape index (κ3) is 4.02. The number of halogens is 4. The number of hydrogen-bond acceptors (Lipinski definition) is 4. The highest BCUT2D eigenvalue weighted by Gasteiger charge is 2.52. The maximum absolute atomic E-state index is 12.5. The lowest BCUT2D eigenvalue weighted by Gasteiger charge is -2.26. The molecule has 1 atom stereocenters. The Labute approximate surface area is 132 Å². The molecule has 0 N–H and O–H groups in total. The fourth-order valence-corrected chi connectivity index (χ4v) is 4.02. The second kappa shape index (κ2) is 5.94. The molecule has 2 rings (SSSR count). The van der Waals surface area contributed by atoms with E-state index in [0.717, 1.165) is 16.2 Å². The van der Waals surface area contributed by atoms with Gasteiger partial charge in [0.05, 0.1) is 0 Å². The second-order valence-corrected chi connectivity index (χ2v) is 8.08. The Bertz CT molecular complexity index is 641. The molecule has 0 aliphatic carbocycles. The number of rotatable bonds is 4. The molecular formula is C12H10BrF3O3S2. The third-order valence-electron chi connectivity index (χ3n) is 2.69. The van der Waals surface area contributed by atoms with E-state index in [1.165, 1.54) is 6.08 Å². The van der Waals surface area contributed by atoms with Crippen LogP contribution in [0.5, 0.6) is 0 Å². The van der Waals surface area contributed by atoms with E-state index < -0.39 is 20.6 Å². The van der Waals surface area contributed by atoms with Crippen molar-refractivity contribution in [2.24, 2.45) is 0 Å². The van der Waals surface area contributed by atoms with Gasteiger partial charge >= 0.3 is 15.6 Å². The molecule has 1 aromatic carbocycles. The first-order valence-electron chi connectivity index (χ1n) is 5.72. The molecule has 0 saturated carbocycles. The van der Waals surface area contributed by atoms with Crippen LogP contribution in [0.3, 0.4) is 0 Å². The maximum Gasteiger partial charge on any atom is 0.523 e. The largest absolute Gasteiger partial charge is 0.523 e. The van der Waals surface area contributed by atoms with E-state index in [-0.39, 0.29) is 6.42 Å². The molecule has 0 radical (unpaired) electrons. The van der Waals surface area contributed by atoms with Gasteiger partial charge < -0.3 is 0 Å². The Kier molecular flexibility index (Phi) is 4.77. The van der Waals surface area contributed by atoms with Crippen LogP contribution < -0.4 is 0 Å². The molecule has 0 aromatic heterocycles. The van der Waals surface area contributed by atoms with Crippen molar-refractivity contribution < 1.29 is 25.8 Å². The van der Waals surface area contributed by atoms with Gasteiger partial charge in [-0.15, -0.1) is 11.8 Å². The van der Waals surface area contributed by atoms with Crippen LogP contribution in [0.4, 0.5) is 13.2 Å². The summed E-state index contributed by atoms with van der Waals surface area (Å²) in [5.74, 6) is 0.393. The number of alkyl halides is 3. The van der Waals surface area contributed by atoms with Crippen LogP contribution in [-0.4, -0.2) is 24.6 Å². The summed E-state index contributed by atoms with van der Waals surface area (Å²) in [5.41, 5.74) is -4.76. The van der Waals surface area contributed by atoms with Crippen LogP contribution in [0.25, 0.3) is 0 Å². The van der Waals surface area contributed by atoms with Crippen molar-refractivity contribution in [3.05, 3.63) is 46.5 Å². The monoisotopic (exact) mass is 402 g/mol.